The molecule has 0 heterocycles. The van der Waals surface area contributed by atoms with Gasteiger partial charge in [0, 0.05) is 21.7 Å². The Morgan fingerprint density at radius 1 is 0.714 bits per heavy atom. The summed E-state index contributed by atoms with van der Waals surface area (Å²) < 4.78 is 16.9. The highest BCUT2D eigenvalue weighted by molar-refractivity contribution is 6.35. The van der Waals surface area contributed by atoms with E-state index >= 15 is 0 Å². The minimum Gasteiger partial charge on any atom is -0.489 e. The van der Waals surface area contributed by atoms with Crippen molar-refractivity contribution in [3.05, 3.63) is 130 Å². The molecular formula is C29H22Cl2O4. The third kappa shape index (κ3) is 7.38. The Kier molecular flexibility index (Phi) is 8.44. The summed E-state index contributed by atoms with van der Waals surface area (Å²) in [7, 11) is 0. The van der Waals surface area contributed by atoms with Gasteiger partial charge >= 0.3 is 5.97 Å². The maximum absolute atomic E-state index is 12.2. The molecule has 0 aliphatic carbocycles. The van der Waals surface area contributed by atoms with E-state index in [4.69, 9.17) is 37.4 Å². The third-order valence-electron chi connectivity index (χ3n) is 5.00. The van der Waals surface area contributed by atoms with Gasteiger partial charge in [0.05, 0.1) is 0 Å². The van der Waals surface area contributed by atoms with Crippen LogP contribution < -0.4 is 9.47 Å². The van der Waals surface area contributed by atoms with Crippen LogP contribution in [0.25, 0.3) is 6.08 Å². The normalized spacial score (nSPS) is 10.8. The average molecular weight is 505 g/mol. The van der Waals surface area contributed by atoms with E-state index in [1.54, 1.807) is 24.3 Å². The van der Waals surface area contributed by atoms with Crippen LogP contribution in [0.4, 0.5) is 0 Å². The zero-order valence-electron chi connectivity index (χ0n) is 18.7. The number of carbonyl (C=O) groups excluding carboxylic acids is 1. The maximum Gasteiger partial charge on any atom is 0.331 e. The lowest BCUT2D eigenvalue weighted by Crippen LogP contribution is -2.01. The zero-order valence-corrected chi connectivity index (χ0v) is 20.2. The molecule has 0 spiro atoms. The molecular weight excluding hydrogens is 483 g/mol. The van der Waals surface area contributed by atoms with Crippen LogP contribution in [-0.4, -0.2) is 5.97 Å². The SMILES string of the molecule is O=C(/C=C/c1ccc(OCc2c(Cl)cccc2Cl)cc1)OCc1cccc(Oc2ccccc2)c1. The lowest BCUT2D eigenvalue weighted by atomic mass is 10.2. The molecule has 4 aromatic rings. The number of para-hydroxylation sites is 1. The Hall–Kier alpha value is -3.73. The number of esters is 1. The van der Waals surface area contributed by atoms with Gasteiger partial charge in [-0.15, -0.1) is 0 Å². The molecule has 0 radical (unpaired) electrons. The summed E-state index contributed by atoms with van der Waals surface area (Å²) in [5, 5.41) is 1.12. The minimum atomic E-state index is -0.437. The van der Waals surface area contributed by atoms with Gasteiger partial charge in [-0.1, -0.05) is 71.7 Å². The number of rotatable bonds is 9. The molecule has 0 saturated carbocycles. The second-order valence-corrected chi connectivity index (χ2v) is 8.38. The molecule has 0 aromatic heterocycles. The van der Waals surface area contributed by atoms with Crippen LogP contribution in [0.2, 0.25) is 10.0 Å². The first kappa shape index (κ1) is 24.4. The van der Waals surface area contributed by atoms with Crippen LogP contribution in [0.3, 0.4) is 0 Å². The van der Waals surface area contributed by atoms with Crippen molar-refractivity contribution in [1.82, 2.24) is 0 Å². The summed E-state index contributed by atoms with van der Waals surface area (Å²) in [5.74, 6) is 1.65. The van der Waals surface area contributed by atoms with E-state index in [9.17, 15) is 4.79 Å². The second kappa shape index (κ2) is 12.1. The number of hydrogen-bond acceptors (Lipinski definition) is 4. The number of ether oxygens (including phenoxy) is 3. The van der Waals surface area contributed by atoms with Crippen molar-refractivity contribution in [1.29, 1.82) is 0 Å². The molecule has 4 nitrogen and oxygen atoms in total. The van der Waals surface area contributed by atoms with Gasteiger partial charge in [0.2, 0.25) is 0 Å². The summed E-state index contributed by atoms with van der Waals surface area (Å²) in [6.07, 6.45) is 3.08. The van der Waals surface area contributed by atoms with E-state index in [2.05, 4.69) is 0 Å². The summed E-state index contributed by atoms with van der Waals surface area (Å²) in [5.41, 5.74) is 2.41. The summed E-state index contributed by atoms with van der Waals surface area (Å²) in [6.45, 7) is 0.407. The second-order valence-electron chi connectivity index (χ2n) is 7.56. The fraction of sp³-hybridized carbons (Fsp3) is 0.0690. The van der Waals surface area contributed by atoms with E-state index in [1.807, 2.05) is 78.9 Å². The Labute approximate surface area is 214 Å². The van der Waals surface area contributed by atoms with Gasteiger partial charge in [0.25, 0.3) is 0 Å². The molecule has 176 valence electrons. The monoisotopic (exact) mass is 504 g/mol. The van der Waals surface area contributed by atoms with Crippen molar-refractivity contribution in [2.75, 3.05) is 0 Å². The van der Waals surface area contributed by atoms with Crippen molar-refractivity contribution >= 4 is 35.2 Å². The first-order chi connectivity index (χ1) is 17.1. The largest absolute Gasteiger partial charge is 0.489 e. The first-order valence-electron chi connectivity index (χ1n) is 10.9. The Morgan fingerprint density at radius 3 is 2.14 bits per heavy atom. The van der Waals surface area contributed by atoms with Gasteiger partial charge in [0.1, 0.15) is 30.5 Å². The predicted molar refractivity (Wildman–Crippen MR) is 139 cm³/mol. The highest BCUT2D eigenvalue weighted by Gasteiger charge is 2.06. The van der Waals surface area contributed by atoms with Crippen LogP contribution in [0.5, 0.6) is 17.2 Å². The molecule has 0 atom stereocenters. The van der Waals surface area contributed by atoms with Gasteiger partial charge in [-0.25, -0.2) is 4.79 Å². The number of halogens is 2. The fourth-order valence-electron chi connectivity index (χ4n) is 3.19. The topological polar surface area (TPSA) is 44.8 Å². The Morgan fingerprint density at radius 2 is 1.40 bits per heavy atom. The number of carbonyl (C=O) groups is 1. The van der Waals surface area contributed by atoms with Crippen LogP contribution in [0.15, 0.2) is 103 Å². The molecule has 0 fully saturated rings. The van der Waals surface area contributed by atoms with Gasteiger partial charge in [-0.2, -0.15) is 0 Å². The molecule has 0 aliphatic heterocycles. The van der Waals surface area contributed by atoms with Crippen LogP contribution in [-0.2, 0) is 22.7 Å². The third-order valence-corrected chi connectivity index (χ3v) is 5.70. The van der Waals surface area contributed by atoms with E-state index < -0.39 is 5.97 Å². The smallest absolute Gasteiger partial charge is 0.331 e. The highest BCUT2D eigenvalue weighted by Crippen LogP contribution is 2.26. The molecule has 0 unspecified atom stereocenters. The molecule has 35 heavy (non-hydrogen) atoms. The van der Waals surface area contributed by atoms with Gasteiger partial charge in [-0.3, -0.25) is 0 Å². The Balaban J connectivity index is 1.26. The average Bonchev–Trinajstić information content (AvgIpc) is 2.87. The first-order valence-corrected chi connectivity index (χ1v) is 11.6. The highest BCUT2D eigenvalue weighted by atomic mass is 35.5. The summed E-state index contributed by atoms with van der Waals surface area (Å²) in [6, 6.07) is 29.6. The van der Waals surface area contributed by atoms with Crippen molar-refractivity contribution in [3.8, 4) is 17.2 Å². The van der Waals surface area contributed by atoms with Crippen LogP contribution >= 0.6 is 23.2 Å². The van der Waals surface area contributed by atoms with Crippen LogP contribution in [0.1, 0.15) is 16.7 Å². The van der Waals surface area contributed by atoms with Crippen molar-refractivity contribution in [3.63, 3.8) is 0 Å². The van der Waals surface area contributed by atoms with Crippen molar-refractivity contribution in [2.45, 2.75) is 13.2 Å². The van der Waals surface area contributed by atoms with Crippen LogP contribution in [0, 0.1) is 0 Å². The molecule has 0 aliphatic rings. The maximum atomic E-state index is 12.2. The summed E-state index contributed by atoms with van der Waals surface area (Å²) >= 11 is 12.3. The van der Waals surface area contributed by atoms with Gasteiger partial charge in [-0.05, 0) is 65.7 Å². The molecule has 4 rings (SSSR count). The van der Waals surface area contributed by atoms with Gasteiger partial charge in [0.15, 0.2) is 0 Å². The quantitative estimate of drug-likeness (QED) is 0.170. The van der Waals surface area contributed by atoms with E-state index in [0.29, 0.717) is 21.5 Å². The van der Waals surface area contributed by atoms with E-state index in [1.165, 1.54) is 6.08 Å². The Bertz CT molecular complexity index is 1280. The lowest BCUT2D eigenvalue weighted by molar-refractivity contribution is -0.138. The number of benzene rings is 4. The van der Waals surface area contributed by atoms with E-state index in [0.717, 1.165) is 22.4 Å². The lowest BCUT2D eigenvalue weighted by Gasteiger charge is -2.09. The van der Waals surface area contributed by atoms with Crippen molar-refractivity contribution < 1.29 is 19.0 Å². The molecule has 0 saturated heterocycles. The van der Waals surface area contributed by atoms with E-state index in [-0.39, 0.29) is 13.2 Å². The molecule has 6 heteroatoms. The minimum absolute atomic E-state index is 0.145. The van der Waals surface area contributed by atoms with Gasteiger partial charge < -0.3 is 14.2 Å². The van der Waals surface area contributed by atoms with Crippen molar-refractivity contribution in [2.24, 2.45) is 0 Å². The molecule has 0 amide bonds. The molecule has 0 bridgehead atoms. The fourth-order valence-corrected chi connectivity index (χ4v) is 3.70. The summed E-state index contributed by atoms with van der Waals surface area (Å²) in [4.78, 5) is 12.2. The predicted octanol–water partition coefficient (Wildman–Crippen LogP) is 8.12. The number of hydrogen-bond donors (Lipinski definition) is 0. The molecule has 0 N–H and O–H groups in total. The molecule has 4 aromatic carbocycles. The standard InChI is InChI=1S/C29H22Cl2O4/c30-27-10-5-11-28(31)26(27)20-33-23-15-12-21(13-16-23)14-17-29(32)34-19-22-6-4-9-25(18-22)35-24-7-2-1-3-8-24/h1-18H,19-20H2/b17-14+. The zero-order chi connectivity index (χ0) is 24.5.